The van der Waals surface area contributed by atoms with Gasteiger partial charge in [0, 0.05) is 12.6 Å². The summed E-state index contributed by atoms with van der Waals surface area (Å²) >= 11 is 0. The number of hydrazine groups is 1. The fourth-order valence-corrected chi connectivity index (χ4v) is 3.06. The van der Waals surface area contributed by atoms with Crippen LogP contribution in [0.5, 0.6) is 0 Å². The van der Waals surface area contributed by atoms with E-state index < -0.39 is 0 Å². The Labute approximate surface area is 117 Å². The third-order valence-corrected chi connectivity index (χ3v) is 4.22. The zero-order chi connectivity index (χ0) is 13.3. The molecule has 0 amide bonds. The second-order valence-corrected chi connectivity index (χ2v) is 5.76. The minimum atomic E-state index is 0.554. The lowest BCUT2D eigenvalue weighted by Crippen LogP contribution is -2.47. The summed E-state index contributed by atoms with van der Waals surface area (Å²) in [6.45, 7) is 4.35. The molecule has 1 aliphatic heterocycles. The highest BCUT2D eigenvalue weighted by Crippen LogP contribution is 2.17. The Morgan fingerprint density at radius 2 is 1.74 bits per heavy atom. The monoisotopic (exact) mass is 267 g/mol. The molecule has 0 aromatic rings. The summed E-state index contributed by atoms with van der Waals surface area (Å²) in [5, 5.41) is 3.44. The number of nitrogens with zero attached hydrogens (tertiary/aromatic N) is 2. The third kappa shape index (κ3) is 5.37. The van der Waals surface area contributed by atoms with Crippen molar-refractivity contribution < 1.29 is 0 Å². The fourth-order valence-electron chi connectivity index (χ4n) is 3.06. The van der Waals surface area contributed by atoms with Crippen LogP contribution in [0.25, 0.3) is 0 Å². The van der Waals surface area contributed by atoms with Crippen LogP contribution in [-0.2, 0) is 0 Å². The molecular weight excluding hydrogens is 238 g/mol. The van der Waals surface area contributed by atoms with Gasteiger partial charge in [0.2, 0.25) is 5.96 Å². The maximum atomic E-state index is 5.55. The summed E-state index contributed by atoms with van der Waals surface area (Å²) in [7, 11) is 0. The second kappa shape index (κ2) is 8.38. The molecule has 2 aliphatic rings. The molecule has 1 saturated carbocycles. The average molecular weight is 267 g/mol. The first kappa shape index (κ1) is 14.6. The van der Waals surface area contributed by atoms with Gasteiger partial charge >= 0.3 is 0 Å². The molecule has 0 atom stereocenters. The SMILES string of the molecule is NNC(=NCCN1CCCCC1)NC1CCCCC1. The molecule has 2 fully saturated rings. The van der Waals surface area contributed by atoms with E-state index >= 15 is 0 Å². The van der Waals surface area contributed by atoms with Crippen molar-refractivity contribution in [1.82, 2.24) is 15.6 Å². The third-order valence-electron chi connectivity index (χ3n) is 4.22. The van der Waals surface area contributed by atoms with Crippen molar-refractivity contribution in [2.75, 3.05) is 26.2 Å². The number of nitrogens with one attached hydrogen (secondary N) is 2. The van der Waals surface area contributed by atoms with Gasteiger partial charge in [0.1, 0.15) is 0 Å². The number of aliphatic imine (C=N–C) groups is 1. The van der Waals surface area contributed by atoms with E-state index in [2.05, 4.69) is 20.6 Å². The van der Waals surface area contributed by atoms with Gasteiger partial charge in [-0.05, 0) is 38.8 Å². The van der Waals surface area contributed by atoms with Gasteiger partial charge in [-0.2, -0.15) is 0 Å². The fraction of sp³-hybridized carbons (Fsp3) is 0.929. The molecule has 2 rings (SSSR count). The van der Waals surface area contributed by atoms with Crippen molar-refractivity contribution in [3.63, 3.8) is 0 Å². The molecule has 0 aromatic heterocycles. The Balaban J connectivity index is 1.68. The first-order valence-corrected chi connectivity index (χ1v) is 7.88. The molecule has 19 heavy (non-hydrogen) atoms. The van der Waals surface area contributed by atoms with E-state index in [1.54, 1.807) is 0 Å². The predicted molar refractivity (Wildman–Crippen MR) is 79.9 cm³/mol. The highest BCUT2D eigenvalue weighted by molar-refractivity contribution is 5.79. The lowest BCUT2D eigenvalue weighted by molar-refractivity contribution is 0.235. The number of guanidine groups is 1. The van der Waals surface area contributed by atoms with Crippen LogP contribution in [0, 0.1) is 0 Å². The first-order valence-electron chi connectivity index (χ1n) is 7.88. The number of nitrogens with two attached hydrogens (primary N) is 1. The average Bonchev–Trinajstić information content (AvgIpc) is 2.48. The van der Waals surface area contributed by atoms with E-state index in [0.29, 0.717) is 6.04 Å². The van der Waals surface area contributed by atoms with Gasteiger partial charge in [0.25, 0.3) is 0 Å². The van der Waals surface area contributed by atoms with Gasteiger partial charge in [-0.25, -0.2) is 5.84 Å². The Morgan fingerprint density at radius 1 is 1.05 bits per heavy atom. The van der Waals surface area contributed by atoms with Gasteiger partial charge < -0.3 is 10.2 Å². The molecule has 0 unspecified atom stereocenters. The van der Waals surface area contributed by atoms with Gasteiger partial charge in [0.05, 0.1) is 6.54 Å². The Bertz CT molecular complexity index is 267. The summed E-state index contributed by atoms with van der Waals surface area (Å²) in [4.78, 5) is 7.06. The molecule has 5 nitrogen and oxygen atoms in total. The smallest absolute Gasteiger partial charge is 0.205 e. The van der Waals surface area contributed by atoms with Crippen LogP contribution in [0.1, 0.15) is 51.4 Å². The van der Waals surface area contributed by atoms with Crippen molar-refractivity contribution in [2.24, 2.45) is 10.8 Å². The molecule has 0 aromatic carbocycles. The molecule has 1 aliphatic carbocycles. The number of hydrogen-bond acceptors (Lipinski definition) is 3. The van der Waals surface area contributed by atoms with Crippen LogP contribution in [0.3, 0.4) is 0 Å². The molecule has 5 heteroatoms. The molecule has 1 heterocycles. The summed E-state index contributed by atoms with van der Waals surface area (Å²) in [6.07, 6.45) is 10.6. The quantitative estimate of drug-likeness (QED) is 0.310. The molecule has 110 valence electrons. The number of hydrogen-bond donors (Lipinski definition) is 3. The summed E-state index contributed by atoms with van der Waals surface area (Å²) in [5.41, 5.74) is 2.71. The van der Waals surface area contributed by atoms with Gasteiger partial charge in [-0.3, -0.25) is 10.4 Å². The Kier molecular flexibility index (Phi) is 6.44. The second-order valence-electron chi connectivity index (χ2n) is 5.76. The normalized spacial score (nSPS) is 23.3. The van der Waals surface area contributed by atoms with Gasteiger partial charge in [0.15, 0.2) is 0 Å². The zero-order valence-corrected chi connectivity index (χ0v) is 12.0. The highest BCUT2D eigenvalue weighted by atomic mass is 15.3. The van der Waals surface area contributed by atoms with Crippen molar-refractivity contribution in [2.45, 2.75) is 57.4 Å². The Hall–Kier alpha value is -0.810. The van der Waals surface area contributed by atoms with Crippen molar-refractivity contribution >= 4 is 5.96 Å². The minimum Gasteiger partial charge on any atom is -0.353 e. The molecule has 1 saturated heterocycles. The van der Waals surface area contributed by atoms with E-state index in [0.717, 1.165) is 19.0 Å². The van der Waals surface area contributed by atoms with Crippen LogP contribution >= 0.6 is 0 Å². The summed E-state index contributed by atoms with van der Waals surface area (Å²) in [6, 6.07) is 0.554. The maximum Gasteiger partial charge on any atom is 0.205 e. The summed E-state index contributed by atoms with van der Waals surface area (Å²) in [5.74, 6) is 6.32. The molecule has 4 N–H and O–H groups in total. The molecule has 0 spiro atoms. The maximum absolute atomic E-state index is 5.55. The van der Waals surface area contributed by atoms with E-state index in [-0.39, 0.29) is 0 Å². The van der Waals surface area contributed by atoms with Gasteiger partial charge in [-0.15, -0.1) is 0 Å². The first-order chi connectivity index (χ1) is 9.38. The van der Waals surface area contributed by atoms with Crippen LogP contribution < -0.4 is 16.6 Å². The summed E-state index contributed by atoms with van der Waals surface area (Å²) < 4.78 is 0. The van der Waals surface area contributed by atoms with Gasteiger partial charge in [-0.1, -0.05) is 25.7 Å². The molecule has 0 bridgehead atoms. The van der Waals surface area contributed by atoms with E-state index in [4.69, 9.17) is 5.84 Å². The predicted octanol–water partition coefficient (Wildman–Crippen LogP) is 1.21. The lowest BCUT2D eigenvalue weighted by Gasteiger charge is -2.26. The number of rotatable bonds is 4. The molecular formula is C14H29N5. The van der Waals surface area contributed by atoms with Crippen LogP contribution in [0.2, 0.25) is 0 Å². The van der Waals surface area contributed by atoms with Crippen LogP contribution in [0.4, 0.5) is 0 Å². The van der Waals surface area contributed by atoms with E-state index in [1.165, 1.54) is 64.5 Å². The van der Waals surface area contributed by atoms with Crippen molar-refractivity contribution in [3.8, 4) is 0 Å². The van der Waals surface area contributed by atoms with Crippen LogP contribution in [0.15, 0.2) is 4.99 Å². The Morgan fingerprint density at radius 3 is 2.42 bits per heavy atom. The standard InChI is InChI=1S/C14H29N5/c15-18-14(17-13-7-3-1-4-8-13)16-9-12-19-10-5-2-6-11-19/h13H,1-12,15H2,(H2,16,17,18). The minimum absolute atomic E-state index is 0.554. The lowest BCUT2D eigenvalue weighted by atomic mass is 9.96. The van der Waals surface area contributed by atoms with E-state index in [9.17, 15) is 0 Å². The zero-order valence-electron chi connectivity index (χ0n) is 12.0. The van der Waals surface area contributed by atoms with Crippen molar-refractivity contribution in [3.05, 3.63) is 0 Å². The topological polar surface area (TPSA) is 65.7 Å². The largest absolute Gasteiger partial charge is 0.353 e. The molecule has 0 radical (unpaired) electrons. The highest BCUT2D eigenvalue weighted by Gasteiger charge is 2.14. The van der Waals surface area contributed by atoms with E-state index in [1.807, 2.05) is 0 Å². The van der Waals surface area contributed by atoms with Crippen molar-refractivity contribution in [1.29, 1.82) is 0 Å². The number of likely N-dealkylation sites (tertiary alicyclic amines) is 1. The number of piperidine rings is 1. The van der Waals surface area contributed by atoms with Crippen LogP contribution in [-0.4, -0.2) is 43.1 Å².